The van der Waals surface area contributed by atoms with E-state index in [9.17, 15) is 14.3 Å². The Bertz CT molecular complexity index is 864. The summed E-state index contributed by atoms with van der Waals surface area (Å²) < 4.78 is 28.9. The molecule has 43 heavy (non-hydrogen) atoms. The first-order valence-electron chi connectivity index (χ1n) is 17.3. The van der Waals surface area contributed by atoms with E-state index in [2.05, 4.69) is 6.92 Å². The minimum Gasteiger partial charge on any atom is -0.493 e. The monoisotopic (exact) mass is 625 g/mol. The van der Waals surface area contributed by atoms with E-state index >= 15 is 0 Å². The van der Waals surface area contributed by atoms with Gasteiger partial charge in [0.15, 0.2) is 0 Å². The number of ketones is 1. The van der Waals surface area contributed by atoms with Gasteiger partial charge >= 0.3 is 7.82 Å². The van der Waals surface area contributed by atoms with Crippen molar-refractivity contribution in [2.75, 3.05) is 40.5 Å². The summed E-state index contributed by atoms with van der Waals surface area (Å²) in [6.07, 6.45) is 22.7. The second-order valence-electron chi connectivity index (χ2n) is 12.3. The van der Waals surface area contributed by atoms with Gasteiger partial charge in [-0.25, -0.2) is 4.57 Å². The van der Waals surface area contributed by atoms with Gasteiger partial charge in [0.05, 0.1) is 19.8 Å². The molecule has 0 aliphatic heterocycles. The first-order valence-corrected chi connectivity index (χ1v) is 18.8. The smallest absolute Gasteiger partial charge is 0.472 e. The molecule has 0 saturated carbocycles. The molecule has 1 aromatic carbocycles. The van der Waals surface area contributed by atoms with Crippen LogP contribution in [0.5, 0.6) is 5.75 Å². The van der Waals surface area contributed by atoms with Gasteiger partial charge < -0.3 is 14.5 Å². The quantitative estimate of drug-likeness (QED) is 0.0673. The van der Waals surface area contributed by atoms with Crippen LogP contribution in [0.15, 0.2) is 24.3 Å². The number of benzene rings is 1. The summed E-state index contributed by atoms with van der Waals surface area (Å²) in [5, 5.41) is 0. The van der Waals surface area contributed by atoms with Crippen molar-refractivity contribution in [2.24, 2.45) is 5.92 Å². The van der Waals surface area contributed by atoms with Crippen LogP contribution >= 0.6 is 7.82 Å². The topological polar surface area (TPSA) is 85.3 Å². The fraction of sp³-hybridized carbons (Fsp3) is 0.800. The summed E-state index contributed by atoms with van der Waals surface area (Å²) in [6.45, 7) is 5.34. The van der Waals surface area contributed by atoms with E-state index in [0.29, 0.717) is 26.0 Å². The van der Waals surface area contributed by atoms with Crippen LogP contribution in [0.2, 0.25) is 0 Å². The average molecular weight is 626 g/mol. The first kappa shape index (κ1) is 39.8. The molecule has 0 spiro atoms. The molecule has 250 valence electrons. The third kappa shape index (κ3) is 22.9. The highest BCUT2D eigenvalue weighted by molar-refractivity contribution is 7.47. The summed E-state index contributed by atoms with van der Waals surface area (Å²) in [4.78, 5) is 24.2. The summed E-state index contributed by atoms with van der Waals surface area (Å²) in [6, 6.07) is 7.87. The summed E-state index contributed by atoms with van der Waals surface area (Å²) in [5.74, 6) is 0.666. The Kier molecular flexibility index (Phi) is 24.1. The Hall–Kier alpha value is -1.24. The van der Waals surface area contributed by atoms with Crippen molar-refractivity contribution in [2.45, 2.75) is 136 Å². The number of nitrogens with zero attached hydrogens (tertiary/aromatic N) is 1. The number of likely N-dealkylation sites (N-methyl/N-ethyl adjacent to an activating group) is 1. The van der Waals surface area contributed by atoms with Crippen molar-refractivity contribution in [1.29, 1.82) is 0 Å². The van der Waals surface area contributed by atoms with Gasteiger partial charge in [0.1, 0.15) is 11.5 Å². The highest BCUT2D eigenvalue weighted by Gasteiger charge is 2.25. The lowest BCUT2D eigenvalue weighted by molar-refractivity contribution is -0.120. The van der Waals surface area contributed by atoms with Gasteiger partial charge in [-0.1, -0.05) is 128 Å². The maximum Gasteiger partial charge on any atom is 0.472 e. The predicted molar refractivity (Wildman–Crippen MR) is 179 cm³/mol. The van der Waals surface area contributed by atoms with Crippen LogP contribution in [0.25, 0.3) is 0 Å². The molecule has 0 aliphatic rings. The molecule has 1 N–H and O–H groups in total. The first-order chi connectivity index (χ1) is 20.8. The van der Waals surface area contributed by atoms with E-state index in [1.165, 1.54) is 96.3 Å². The molecule has 0 saturated heterocycles. The van der Waals surface area contributed by atoms with Crippen molar-refractivity contribution in [3.8, 4) is 5.75 Å². The molecule has 0 heterocycles. The molecule has 0 aromatic heterocycles. The molecule has 1 aromatic rings. The van der Waals surface area contributed by atoms with Gasteiger partial charge in [-0.2, -0.15) is 0 Å². The minimum atomic E-state index is -4.19. The standard InChI is InChI=1S/C35H64NO6P/c1-5-7-8-9-10-11-12-13-14-15-16-17-18-19-20-23-27-40-35-25-22-21-24-33(35)29-32(30-34(37)6-2)31-42-43(38,39)41-28-26-36(3)4/h21-22,24-25,32H,5-20,23,26-31H2,1-4H3,(H,38,39). The third-order valence-electron chi connectivity index (χ3n) is 7.91. The number of hydrogen-bond acceptors (Lipinski definition) is 6. The lowest BCUT2D eigenvalue weighted by Gasteiger charge is -2.20. The molecule has 7 nitrogen and oxygen atoms in total. The Balaban J connectivity index is 2.30. The molecular weight excluding hydrogens is 561 g/mol. The molecule has 0 fully saturated rings. The van der Waals surface area contributed by atoms with Gasteiger partial charge in [0.25, 0.3) is 0 Å². The fourth-order valence-corrected chi connectivity index (χ4v) is 5.97. The number of hydrogen-bond donors (Lipinski definition) is 1. The minimum absolute atomic E-state index is 0.0328. The summed E-state index contributed by atoms with van der Waals surface area (Å²) in [7, 11) is -0.469. The van der Waals surface area contributed by atoms with Crippen molar-refractivity contribution < 1.29 is 28.0 Å². The van der Waals surface area contributed by atoms with Crippen molar-refractivity contribution in [1.82, 2.24) is 4.90 Å². The number of Topliss-reactive ketones (excluding diaryl/α,β-unsaturated/α-hetero) is 1. The van der Waals surface area contributed by atoms with Gasteiger partial charge in [0, 0.05) is 19.4 Å². The third-order valence-corrected chi connectivity index (χ3v) is 8.90. The Labute approximate surface area is 264 Å². The molecular formula is C35H64NO6P. The van der Waals surface area contributed by atoms with Crippen LogP contribution < -0.4 is 4.74 Å². The molecule has 2 atom stereocenters. The Morgan fingerprint density at radius 2 is 1.33 bits per heavy atom. The van der Waals surface area contributed by atoms with E-state index in [1.54, 1.807) is 0 Å². The van der Waals surface area contributed by atoms with E-state index in [4.69, 9.17) is 13.8 Å². The fourth-order valence-electron chi connectivity index (χ4n) is 5.19. The highest BCUT2D eigenvalue weighted by atomic mass is 31.2. The van der Waals surface area contributed by atoms with E-state index < -0.39 is 7.82 Å². The Morgan fingerprint density at radius 1 is 0.791 bits per heavy atom. The van der Waals surface area contributed by atoms with E-state index in [-0.39, 0.29) is 31.3 Å². The van der Waals surface area contributed by atoms with Crippen LogP contribution in [-0.2, 0) is 24.8 Å². The maximum absolute atomic E-state index is 12.3. The molecule has 0 amide bonds. The van der Waals surface area contributed by atoms with Crippen LogP contribution in [0.1, 0.15) is 135 Å². The van der Waals surface area contributed by atoms with Gasteiger partial charge in [-0.05, 0) is 44.5 Å². The van der Waals surface area contributed by atoms with Gasteiger partial charge in [-0.15, -0.1) is 0 Å². The Morgan fingerprint density at radius 3 is 1.86 bits per heavy atom. The molecule has 0 bridgehead atoms. The number of carbonyl (C=O) groups excluding carboxylic acids is 1. The van der Waals surface area contributed by atoms with Crippen molar-refractivity contribution in [3.63, 3.8) is 0 Å². The molecule has 1 rings (SSSR count). The van der Waals surface area contributed by atoms with Crippen LogP contribution in [0, 0.1) is 5.92 Å². The number of ether oxygens (including phenoxy) is 1. The maximum atomic E-state index is 12.3. The highest BCUT2D eigenvalue weighted by Crippen LogP contribution is 2.44. The second-order valence-corrected chi connectivity index (χ2v) is 13.8. The summed E-state index contributed by atoms with van der Waals surface area (Å²) >= 11 is 0. The molecule has 8 heteroatoms. The number of unbranched alkanes of at least 4 members (excludes halogenated alkanes) is 15. The second kappa shape index (κ2) is 26.0. The zero-order valence-corrected chi connectivity index (χ0v) is 28.9. The van der Waals surface area contributed by atoms with Crippen molar-refractivity contribution in [3.05, 3.63) is 29.8 Å². The zero-order chi connectivity index (χ0) is 31.6. The number of phosphoric ester groups is 1. The SMILES string of the molecule is CCCCCCCCCCCCCCCCCCOc1ccccc1CC(COP(=O)(O)OCCN(C)C)CC(=O)CC. The molecule has 2 unspecified atom stereocenters. The van der Waals surface area contributed by atoms with Gasteiger partial charge in [0.2, 0.25) is 0 Å². The molecule has 0 radical (unpaired) electrons. The number of phosphoric acid groups is 1. The molecule has 0 aliphatic carbocycles. The summed E-state index contributed by atoms with van der Waals surface area (Å²) in [5.41, 5.74) is 0.984. The normalized spacial score (nSPS) is 13.7. The number of carbonyl (C=O) groups is 1. The average Bonchev–Trinajstić information content (AvgIpc) is 2.98. The van der Waals surface area contributed by atoms with Gasteiger partial charge in [-0.3, -0.25) is 13.8 Å². The van der Waals surface area contributed by atoms with Crippen LogP contribution in [0.4, 0.5) is 0 Å². The number of para-hydroxylation sites is 1. The van der Waals surface area contributed by atoms with Crippen LogP contribution in [-0.4, -0.2) is 56.0 Å². The largest absolute Gasteiger partial charge is 0.493 e. The predicted octanol–water partition coefficient (Wildman–Crippen LogP) is 9.55. The van der Waals surface area contributed by atoms with Crippen LogP contribution in [0.3, 0.4) is 0 Å². The lowest BCUT2D eigenvalue weighted by atomic mass is 9.94. The lowest BCUT2D eigenvalue weighted by Crippen LogP contribution is -2.19. The zero-order valence-electron chi connectivity index (χ0n) is 28.0. The van der Waals surface area contributed by atoms with E-state index in [0.717, 1.165) is 17.7 Å². The number of rotatable bonds is 30. The van der Waals surface area contributed by atoms with E-state index in [1.807, 2.05) is 50.2 Å². The van der Waals surface area contributed by atoms with Crippen molar-refractivity contribution >= 4 is 13.6 Å².